The molecule has 104 valence electrons. The lowest BCUT2D eigenvalue weighted by molar-refractivity contribution is -0.133. The molecule has 0 saturated heterocycles. The Morgan fingerprint density at radius 1 is 1.05 bits per heavy atom. The van der Waals surface area contributed by atoms with Gasteiger partial charge in [0, 0.05) is 13.6 Å². The first-order valence-corrected chi connectivity index (χ1v) is 6.35. The molecule has 4 nitrogen and oxygen atoms in total. The summed E-state index contributed by atoms with van der Waals surface area (Å²) in [5.74, 6) is 1.23. The highest BCUT2D eigenvalue weighted by Gasteiger charge is 2.07. The van der Waals surface area contributed by atoms with Crippen LogP contribution in [0.2, 0.25) is 0 Å². The monoisotopic (exact) mass is 271 g/mol. The van der Waals surface area contributed by atoms with Gasteiger partial charge in [0.2, 0.25) is 5.91 Å². The summed E-state index contributed by atoms with van der Waals surface area (Å²) in [5, 5.41) is 8.78. The summed E-state index contributed by atoms with van der Waals surface area (Å²) in [6.45, 7) is -0.00326. The fourth-order valence-corrected chi connectivity index (χ4v) is 1.77. The van der Waals surface area contributed by atoms with E-state index in [1.807, 2.05) is 54.6 Å². The summed E-state index contributed by atoms with van der Waals surface area (Å²) in [6.07, 6.45) is 0. The van der Waals surface area contributed by atoms with Crippen LogP contribution in [-0.2, 0) is 11.3 Å². The van der Waals surface area contributed by atoms with Crippen molar-refractivity contribution in [2.75, 3.05) is 13.7 Å². The molecule has 0 aromatic heterocycles. The third-order valence-electron chi connectivity index (χ3n) is 2.88. The number of carbonyl (C=O) groups excluding carboxylic acids is 1. The Labute approximate surface area is 118 Å². The molecule has 2 aromatic rings. The van der Waals surface area contributed by atoms with Gasteiger partial charge in [-0.15, -0.1) is 0 Å². The standard InChI is InChI=1S/C16H17NO3/c1-17(16(19)12-18)11-13-7-9-15(10-8-13)20-14-5-3-2-4-6-14/h2-10,18H,11-12H2,1H3. The van der Waals surface area contributed by atoms with Gasteiger partial charge < -0.3 is 14.7 Å². The Morgan fingerprint density at radius 3 is 2.25 bits per heavy atom. The van der Waals surface area contributed by atoms with Crippen molar-refractivity contribution in [2.24, 2.45) is 0 Å². The Kier molecular flexibility index (Phi) is 4.74. The maximum absolute atomic E-state index is 11.3. The van der Waals surface area contributed by atoms with Gasteiger partial charge >= 0.3 is 0 Å². The number of rotatable bonds is 5. The Hall–Kier alpha value is -2.33. The second-order valence-electron chi connectivity index (χ2n) is 4.47. The van der Waals surface area contributed by atoms with Gasteiger partial charge in [0.15, 0.2) is 0 Å². The summed E-state index contributed by atoms with van der Waals surface area (Å²) >= 11 is 0. The number of aliphatic hydroxyl groups excluding tert-OH is 1. The normalized spacial score (nSPS) is 10.1. The number of benzene rings is 2. The molecule has 0 spiro atoms. The second-order valence-corrected chi connectivity index (χ2v) is 4.47. The van der Waals surface area contributed by atoms with Crippen LogP contribution in [-0.4, -0.2) is 29.6 Å². The highest BCUT2D eigenvalue weighted by molar-refractivity contribution is 5.76. The van der Waals surface area contributed by atoms with Crippen LogP contribution in [0.5, 0.6) is 11.5 Å². The van der Waals surface area contributed by atoms with Crippen molar-refractivity contribution in [1.29, 1.82) is 0 Å². The van der Waals surface area contributed by atoms with Crippen molar-refractivity contribution >= 4 is 5.91 Å². The SMILES string of the molecule is CN(Cc1ccc(Oc2ccccc2)cc1)C(=O)CO. The number of para-hydroxylation sites is 1. The van der Waals surface area contributed by atoms with Gasteiger partial charge in [-0.1, -0.05) is 30.3 Å². The van der Waals surface area contributed by atoms with Crippen molar-refractivity contribution in [3.8, 4) is 11.5 Å². The van der Waals surface area contributed by atoms with Gasteiger partial charge in [-0.25, -0.2) is 0 Å². The number of likely N-dealkylation sites (N-methyl/N-ethyl adjacent to an activating group) is 1. The maximum atomic E-state index is 11.3. The van der Waals surface area contributed by atoms with Crippen LogP contribution in [0, 0.1) is 0 Å². The van der Waals surface area contributed by atoms with E-state index < -0.39 is 6.61 Å². The first kappa shape index (κ1) is 14.1. The molecule has 0 aliphatic carbocycles. The summed E-state index contributed by atoms with van der Waals surface area (Å²) in [7, 11) is 1.66. The predicted molar refractivity (Wildman–Crippen MR) is 76.5 cm³/mol. The highest BCUT2D eigenvalue weighted by Crippen LogP contribution is 2.21. The number of hydrogen-bond donors (Lipinski definition) is 1. The highest BCUT2D eigenvalue weighted by atomic mass is 16.5. The fraction of sp³-hybridized carbons (Fsp3) is 0.188. The number of ether oxygens (including phenoxy) is 1. The van der Waals surface area contributed by atoms with E-state index >= 15 is 0 Å². The number of aliphatic hydroxyl groups is 1. The molecule has 0 saturated carbocycles. The van der Waals surface area contributed by atoms with E-state index in [0.717, 1.165) is 17.1 Å². The fourth-order valence-electron chi connectivity index (χ4n) is 1.77. The van der Waals surface area contributed by atoms with Crippen molar-refractivity contribution in [1.82, 2.24) is 4.90 Å². The van der Waals surface area contributed by atoms with Crippen molar-refractivity contribution in [3.63, 3.8) is 0 Å². The Morgan fingerprint density at radius 2 is 1.65 bits per heavy atom. The van der Waals surface area contributed by atoms with Crippen molar-refractivity contribution in [2.45, 2.75) is 6.54 Å². The molecular weight excluding hydrogens is 254 g/mol. The smallest absolute Gasteiger partial charge is 0.248 e. The van der Waals surface area contributed by atoms with E-state index in [2.05, 4.69) is 0 Å². The Bertz CT molecular complexity index is 552. The van der Waals surface area contributed by atoms with Crippen LogP contribution in [0.15, 0.2) is 54.6 Å². The first-order chi connectivity index (χ1) is 9.69. The van der Waals surface area contributed by atoms with Gasteiger partial charge in [0.25, 0.3) is 0 Å². The van der Waals surface area contributed by atoms with E-state index in [-0.39, 0.29) is 5.91 Å². The minimum Gasteiger partial charge on any atom is -0.457 e. The van der Waals surface area contributed by atoms with Crippen molar-refractivity contribution in [3.05, 3.63) is 60.2 Å². The van der Waals surface area contributed by atoms with Crippen molar-refractivity contribution < 1.29 is 14.6 Å². The minimum absolute atomic E-state index is 0.297. The average Bonchev–Trinajstić information content (AvgIpc) is 2.49. The van der Waals surface area contributed by atoms with E-state index in [4.69, 9.17) is 9.84 Å². The zero-order valence-electron chi connectivity index (χ0n) is 11.3. The molecule has 0 atom stereocenters. The van der Waals surface area contributed by atoms with E-state index in [0.29, 0.717) is 6.54 Å². The molecular formula is C16H17NO3. The van der Waals surface area contributed by atoms with E-state index in [9.17, 15) is 4.79 Å². The minimum atomic E-state index is -0.467. The second kappa shape index (κ2) is 6.73. The molecule has 0 unspecified atom stereocenters. The lowest BCUT2D eigenvalue weighted by Gasteiger charge is -2.16. The van der Waals surface area contributed by atoms with Crippen LogP contribution < -0.4 is 4.74 Å². The van der Waals surface area contributed by atoms with Crippen LogP contribution in [0.1, 0.15) is 5.56 Å². The summed E-state index contributed by atoms with van der Waals surface area (Å²) in [4.78, 5) is 12.8. The first-order valence-electron chi connectivity index (χ1n) is 6.35. The van der Waals surface area contributed by atoms with Gasteiger partial charge in [0.1, 0.15) is 18.1 Å². The molecule has 0 radical (unpaired) electrons. The topological polar surface area (TPSA) is 49.8 Å². The molecule has 4 heteroatoms. The largest absolute Gasteiger partial charge is 0.457 e. The number of nitrogens with zero attached hydrogens (tertiary/aromatic N) is 1. The van der Waals surface area contributed by atoms with Crippen LogP contribution in [0.25, 0.3) is 0 Å². The summed E-state index contributed by atoms with van der Waals surface area (Å²) in [6, 6.07) is 17.1. The molecule has 2 rings (SSSR count). The Balaban J connectivity index is 1.98. The predicted octanol–water partition coefficient (Wildman–Crippen LogP) is 2.43. The molecule has 0 fully saturated rings. The molecule has 0 aliphatic rings. The van der Waals surface area contributed by atoms with Crippen LogP contribution in [0.4, 0.5) is 0 Å². The molecule has 0 aliphatic heterocycles. The lowest BCUT2D eigenvalue weighted by atomic mass is 10.2. The molecule has 1 amide bonds. The molecule has 1 N–H and O–H groups in total. The van der Waals surface area contributed by atoms with E-state index in [1.165, 1.54) is 4.90 Å². The molecule has 20 heavy (non-hydrogen) atoms. The summed E-state index contributed by atoms with van der Waals surface area (Å²) in [5.41, 5.74) is 0.981. The number of amides is 1. The quantitative estimate of drug-likeness (QED) is 0.908. The van der Waals surface area contributed by atoms with Gasteiger partial charge in [-0.2, -0.15) is 0 Å². The molecule has 0 bridgehead atoms. The van der Waals surface area contributed by atoms with Crippen LogP contribution >= 0.6 is 0 Å². The third kappa shape index (κ3) is 3.83. The number of carbonyl (C=O) groups is 1. The van der Waals surface area contributed by atoms with Gasteiger partial charge in [-0.3, -0.25) is 4.79 Å². The zero-order valence-corrected chi connectivity index (χ0v) is 11.3. The van der Waals surface area contributed by atoms with Gasteiger partial charge in [-0.05, 0) is 29.8 Å². The maximum Gasteiger partial charge on any atom is 0.248 e. The van der Waals surface area contributed by atoms with Crippen LogP contribution in [0.3, 0.4) is 0 Å². The van der Waals surface area contributed by atoms with Gasteiger partial charge in [0.05, 0.1) is 0 Å². The summed E-state index contributed by atoms with van der Waals surface area (Å²) < 4.78 is 5.69. The number of hydrogen-bond acceptors (Lipinski definition) is 3. The molecule has 2 aromatic carbocycles. The lowest BCUT2D eigenvalue weighted by Crippen LogP contribution is -2.28. The molecule has 0 heterocycles. The third-order valence-corrected chi connectivity index (χ3v) is 2.88. The zero-order chi connectivity index (χ0) is 14.4. The average molecular weight is 271 g/mol. The van der Waals surface area contributed by atoms with E-state index in [1.54, 1.807) is 7.05 Å².